The van der Waals surface area contributed by atoms with Crippen LogP contribution in [-0.2, 0) is 20.1 Å². The molecule has 2 aliphatic rings. The number of aromatic nitrogens is 2. The molecule has 4 nitrogen and oxygen atoms in total. The minimum Gasteiger partial charge on any atom is -0.503 e. The van der Waals surface area contributed by atoms with Crippen LogP contribution in [0.25, 0.3) is 33.6 Å². The molecule has 0 saturated carbocycles. The summed E-state index contributed by atoms with van der Waals surface area (Å²) in [4.78, 5) is 9.13. The largest absolute Gasteiger partial charge is 0.503 e. The normalized spacial score (nSPS) is 11.7. The van der Waals surface area contributed by atoms with Crippen molar-refractivity contribution in [2.45, 2.75) is 27.7 Å². The number of rotatable bonds is 3. The quantitative estimate of drug-likeness (QED) is 0.132. The third kappa shape index (κ3) is 6.17. The summed E-state index contributed by atoms with van der Waals surface area (Å²) in [7, 11) is 0. The molecule has 0 amide bonds. The summed E-state index contributed by atoms with van der Waals surface area (Å²) in [5, 5.41) is 0. The van der Waals surface area contributed by atoms with Gasteiger partial charge in [0, 0.05) is 43.7 Å². The summed E-state index contributed by atoms with van der Waals surface area (Å²) in [6.07, 6.45) is 3.78. The van der Waals surface area contributed by atoms with E-state index in [1.807, 2.05) is 54.9 Å². The fourth-order valence-electron chi connectivity index (χ4n) is 6.60. The Bertz CT molecular complexity index is 2360. The van der Waals surface area contributed by atoms with Crippen molar-refractivity contribution in [3.8, 4) is 56.6 Å². The van der Waals surface area contributed by atoms with E-state index in [0.717, 1.165) is 67.5 Å². The fourth-order valence-corrected chi connectivity index (χ4v) is 6.60. The molecule has 0 atom stereocenters. The van der Waals surface area contributed by atoms with Gasteiger partial charge in [0.25, 0.3) is 0 Å². The zero-order chi connectivity index (χ0) is 33.5. The van der Waals surface area contributed by atoms with E-state index in [1.54, 1.807) is 0 Å². The first-order valence-electron chi connectivity index (χ1n) is 16.5. The molecular formula is C44H33BIrN2O2-2. The first kappa shape index (κ1) is 33.2. The van der Waals surface area contributed by atoms with Crippen LogP contribution < -0.4 is 25.9 Å². The number of para-hydroxylation sites is 1. The smallest absolute Gasteiger partial charge is 0.241 e. The molecule has 6 heteroatoms. The van der Waals surface area contributed by atoms with Crippen molar-refractivity contribution in [1.29, 1.82) is 0 Å². The molecule has 0 saturated heterocycles. The van der Waals surface area contributed by atoms with Crippen molar-refractivity contribution in [2.24, 2.45) is 0 Å². The third-order valence-corrected chi connectivity index (χ3v) is 9.36. The van der Waals surface area contributed by atoms with Crippen LogP contribution in [0.15, 0.2) is 128 Å². The number of aryl methyl sites for hydroxylation is 4. The van der Waals surface area contributed by atoms with Crippen LogP contribution in [0.5, 0.6) is 23.0 Å². The summed E-state index contributed by atoms with van der Waals surface area (Å²) in [5.74, 6) is 3.36. The van der Waals surface area contributed by atoms with Crippen LogP contribution in [0, 0.1) is 39.8 Å². The van der Waals surface area contributed by atoms with Crippen LogP contribution in [0.1, 0.15) is 22.3 Å². The van der Waals surface area contributed by atoms with Crippen LogP contribution in [0.2, 0.25) is 0 Å². The van der Waals surface area contributed by atoms with Gasteiger partial charge in [0.05, 0.1) is 0 Å². The van der Waals surface area contributed by atoms with Crippen LogP contribution in [0.4, 0.5) is 0 Å². The van der Waals surface area contributed by atoms with Crippen molar-refractivity contribution in [2.75, 3.05) is 0 Å². The molecule has 0 spiro atoms. The second-order valence-corrected chi connectivity index (χ2v) is 12.7. The maximum absolute atomic E-state index is 6.54. The maximum Gasteiger partial charge on any atom is 0.241 e. The van der Waals surface area contributed by atoms with Crippen LogP contribution >= 0.6 is 0 Å². The number of ether oxygens (including phenoxy) is 2. The van der Waals surface area contributed by atoms with E-state index in [2.05, 4.69) is 118 Å². The Morgan fingerprint density at radius 1 is 0.620 bits per heavy atom. The van der Waals surface area contributed by atoms with E-state index in [-0.39, 0.29) is 26.8 Å². The van der Waals surface area contributed by atoms with Crippen molar-refractivity contribution >= 4 is 23.1 Å². The second-order valence-electron chi connectivity index (χ2n) is 12.7. The van der Waals surface area contributed by atoms with E-state index < -0.39 is 0 Å². The van der Waals surface area contributed by atoms with Crippen molar-refractivity contribution in [1.82, 2.24) is 9.97 Å². The first-order valence-corrected chi connectivity index (χ1v) is 16.5. The van der Waals surface area contributed by atoms with Gasteiger partial charge in [0.15, 0.2) is 0 Å². The molecule has 0 N–H and O–H groups in total. The fraction of sp³-hybridized carbons (Fsp3) is 0.0909. The molecule has 2 aromatic heterocycles. The number of fused-ring (bicyclic) bond motifs is 4. The number of hydrogen-bond acceptors (Lipinski definition) is 4. The Balaban J connectivity index is 0.000000207. The van der Waals surface area contributed by atoms with E-state index in [4.69, 9.17) is 14.5 Å². The van der Waals surface area contributed by atoms with Crippen LogP contribution in [-0.4, -0.2) is 16.7 Å². The van der Waals surface area contributed by atoms with Gasteiger partial charge < -0.3 is 19.4 Å². The minimum atomic E-state index is 0. The molecule has 245 valence electrons. The molecule has 9 rings (SSSR count). The first-order chi connectivity index (χ1) is 23.9. The van der Waals surface area contributed by atoms with Gasteiger partial charge in [-0.15, -0.1) is 59.1 Å². The summed E-state index contributed by atoms with van der Waals surface area (Å²) < 4.78 is 12.8. The monoisotopic (exact) mass is 825 g/mol. The van der Waals surface area contributed by atoms with E-state index in [0.29, 0.717) is 0 Å². The predicted molar refractivity (Wildman–Crippen MR) is 199 cm³/mol. The SMILES string of the molecule is Cc1c[c-]c(-c2cc(C)c(C)cn2)cc1.Cc1ccccc1-c1ccnc(-c2[c-]ccc3c2Oc2cccc4c2B3c2ccccc2O4)c1.[Ir]. The molecule has 0 unspecified atom stereocenters. The average Bonchev–Trinajstić information content (AvgIpc) is 3.13. The van der Waals surface area contributed by atoms with Gasteiger partial charge >= 0.3 is 0 Å². The number of nitrogens with zero attached hydrogens (tertiary/aromatic N) is 2. The Hall–Kier alpha value is -5.29. The molecule has 5 aromatic carbocycles. The molecule has 0 fully saturated rings. The van der Waals surface area contributed by atoms with E-state index >= 15 is 0 Å². The zero-order valence-electron chi connectivity index (χ0n) is 28.2. The average molecular weight is 825 g/mol. The molecule has 1 radical (unpaired) electrons. The summed E-state index contributed by atoms with van der Waals surface area (Å²) >= 11 is 0. The van der Waals surface area contributed by atoms with Gasteiger partial charge in [-0.05, 0) is 84.1 Å². The second kappa shape index (κ2) is 13.9. The van der Waals surface area contributed by atoms with Gasteiger partial charge in [-0.2, -0.15) is 0 Å². The van der Waals surface area contributed by atoms with E-state index in [9.17, 15) is 0 Å². The zero-order valence-corrected chi connectivity index (χ0v) is 30.6. The number of pyridine rings is 2. The van der Waals surface area contributed by atoms with Gasteiger partial charge in [-0.3, -0.25) is 0 Å². The third-order valence-electron chi connectivity index (χ3n) is 9.36. The van der Waals surface area contributed by atoms with E-state index in [1.165, 1.54) is 27.8 Å². The van der Waals surface area contributed by atoms with Crippen molar-refractivity contribution in [3.63, 3.8) is 0 Å². The molecule has 7 aromatic rings. The summed E-state index contributed by atoms with van der Waals surface area (Å²) in [6.45, 7) is 8.41. The Morgan fingerprint density at radius 3 is 2.20 bits per heavy atom. The van der Waals surface area contributed by atoms with Gasteiger partial charge in [-0.1, -0.05) is 78.7 Å². The van der Waals surface area contributed by atoms with Crippen molar-refractivity contribution < 1.29 is 29.6 Å². The molecule has 0 bridgehead atoms. The minimum absolute atomic E-state index is 0. The molecule has 2 aliphatic heterocycles. The molecule has 4 heterocycles. The molecule has 50 heavy (non-hydrogen) atoms. The standard InChI is InChI=1S/C30H19BNO2.C14H14N.Ir/c1-19-8-2-3-9-21(19)20-16-17-32-25(18-20)22-10-6-12-24-30(22)34-28-15-7-14-27-29(28)31(24)23-11-4-5-13-26(23)33-27;1-10-4-6-13(7-5-10)14-8-11(2)12(3)9-15-14;/h2-9,11-18H,1H3;4-6,8-9H,1-3H3;/q2*-1;. The van der Waals surface area contributed by atoms with Gasteiger partial charge in [-0.25, -0.2) is 0 Å². The topological polar surface area (TPSA) is 44.2 Å². The maximum atomic E-state index is 6.54. The Kier molecular flexibility index (Phi) is 9.24. The summed E-state index contributed by atoms with van der Waals surface area (Å²) in [6, 6.07) is 45.8. The van der Waals surface area contributed by atoms with Crippen molar-refractivity contribution in [3.05, 3.63) is 162 Å². The van der Waals surface area contributed by atoms with Crippen LogP contribution in [0.3, 0.4) is 0 Å². The van der Waals surface area contributed by atoms with Gasteiger partial charge in [0.2, 0.25) is 6.71 Å². The number of hydrogen-bond donors (Lipinski definition) is 0. The molecule has 0 aliphatic carbocycles. The Labute approximate surface area is 307 Å². The molecular weight excluding hydrogens is 792 g/mol. The predicted octanol–water partition coefficient (Wildman–Crippen LogP) is 8.72. The van der Waals surface area contributed by atoms with Gasteiger partial charge in [0.1, 0.15) is 17.2 Å². The number of benzene rings is 5. The Morgan fingerprint density at radius 2 is 1.40 bits per heavy atom. The summed E-state index contributed by atoms with van der Waals surface area (Å²) in [5.41, 5.74) is 14.4.